The highest BCUT2D eigenvalue weighted by Gasteiger charge is 2.25. The van der Waals surface area contributed by atoms with E-state index in [1.54, 1.807) is 0 Å². The van der Waals surface area contributed by atoms with E-state index in [1.807, 2.05) is 67.6 Å². The van der Waals surface area contributed by atoms with Gasteiger partial charge < -0.3 is 15.2 Å². The molecule has 1 aromatic heterocycles. The third-order valence-corrected chi connectivity index (χ3v) is 4.77. The highest BCUT2D eigenvalue weighted by molar-refractivity contribution is 5.94. The minimum atomic E-state index is -0.129. The van der Waals surface area contributed by atoms with Gasteiger partial charge in [0, 0.05) is 25.2 Å². The number of fused-ring (bicyclic) bond motifs is 1. The molecule has 1 aliphatic heterocycles. The van der Waals surface area contributed by atoms with Crippen LogP contribution >= 0.6 is 0 Å². The van der Waals surface area contributed by atoms with Gasteiger partial charge in [0.25, 0.3) is 5.91 Å². The lowest BCUT2D eigenvalue weighted by Crippen LogP contribution is -2.32. The normalized spacial score (nSPS) is 14.5. The van der Waals surface area contributed by atoms with Gasteiger partial charge in [-0.2, -0.15) is 0 Å². The zero-order valence-corrected chi connectivity index (χ0v) is 14.8. The van der Waals surface area contributed by atoms with Crippen LogP contribution in [0.15, 0.2) is 60.7 Å². The zero-order valence-electron chi connectivity index (χ0n) is 14.8. The molecule has 3 aromatic rings. The lowest BCUT2D eigenvalue weighted by molar-refractivity contribution is 0.0933. The van der Waals surface area contributed by atoms with E-state index in [0.29, 0.717) is 12.2 Å². The fourth-order valence-electron chi connectivity index (χ4n) is 3.38. The second kappa shape index (κ2) is 7.14. The summed E-state index contributed by atoms with van der Waals surface area (Å²) in [6.45, 7) is 4.34. The Morgan fingerprint density at radius 2 is 1.81 bits per heavy atom. The fraction of sp³-hybridized carbons (Fsp3) is 0.238. The van der Waals surface area contributed by atoms with E-state index in [0.717, 1.165) is 35.7 Å². The smallest absolute Gasteiger partial charge is 0.272 e. The number of amides is 1. The van der Waals surface area contributed by atoms with Crippen LogP contribution < -0.4 is 10.6 Å². The SMILES string of the molecule is C[C@H](NC(=O)c1nc(-c2ccccc2)n2c1CNCC2)c1ccccc1. The molecule has 0 saturated carbocycles. The summed E-state index contributed by atoms with van der Waals surface area (Å²) in [5.74, 6) is 0.732. The molecule has 0 bridgehead atoms. The molecule has 0 aliphatic carbocycles. The van der Waals surface area contributed by atoms with Crippen LogP contribution in [0.4, 0.5) is 0 Å². The molecule has 0 saturated heterocycles. The molecule has 0 spiro atoms. The summed E-state index contributed by atoms with van der Waals surface area (Å²) in [4.78, 5) is 17.6. The van der Waals surface area contributed by atoms with E-state index in [1.165, 1.54) is 0 Å². The zero-order chi connectivity index (χ0) is 17.9. The van der Waals surface area contributed by atoms with Crippen molar-refractivity contribution in [3.05, 3.63) is 77.6 Å². The third-order valence-electron chi connectivity index (χ3n) is 4.77. The molecule has 0 fully saturated rings. The summed E-state index contributed by atoms with van der Waals surface area (Å²) in [6.07, 6.45) is 0. The first-order valence-electron chi connectivity index (χ1n) is 8.95. The molecule has 1 aliphatic rings. The van der Waals surface area contributed by atoms with Gasteiger partial charge in [-0.05, 0) is 12.5 Å². The van der Waals surface area contributed by atoms with E-state index >= 15 is 0 Å². The quantitative estimate of drug-likeness (QED) is 0.763. The van der Waals surface area contributed by atoms with Gasteiger partial charge in [0.1, 0.15) is 5.82 Å². The Hall–Kier alpha value is -2.92. The number of benzene rings is 2. The fourth-order valence-corrected chi connectivity index (χ4v) is 3.38. The van der Waals surface area contributed by atoms with Crippen LogP contribution in [0.5, 0.6) is 0 Å². The molecular weight excluding hydrogens is 324 g/mol. The van der Waals surface area contributed by atoms with Crippen molar-refractivity contribution in [3.63, 3.8) is 0 Å². The standard InChI is InChI=1S/C21H22N4O/c1-15(16-8-4-2-5-9-16)23-21(26)19-18-14-22-12-13-25(18)20(24-19)17-10-6-3-7-11-17/h2-11,15,22H,12-14H2,1H3,(H,23,26)/t15-/m0/s1. The van der Waals surface area contributed by atoms with Crippen LogP contribution in [0.1, 0.15) is 34.7 Å². The van der Waals surface area contributed by atoms with E-state index in [-0.39, 0.29) is 11.9 Å². The van der Waals surface area contributed by atoms with Gasteiger partial charge in [-0.25, -0.2) is 4.98 Å². The van der Waals surface area contributed by atoms with Crippen LogP contribution in [0.25, 0.3) is 11.4 Å². The van der Waals surface area contributed by atoms with Crippen LogP contribution in [0.2, 0.25) is 0 Å². The lowest BCUT2D eigenvalue weighted by Gasteiger charge is -2.19. The summed E-state index contributed by atoms with van der Waals surface area (Å²) >= 11 is 0. The molecule has 26 heavy (non-hydrogen) atoms. The Morgan fingerprint density at radius 3 is 2.54 bits per heavy atom. The van der Waals surface area contributed by atoms with E-state index in [4.69, 9.17) is 4.98 Å². The van der Waals surface area contributed by atoms with Crippen molar-refractivity contribution in [1.82, 2.24) is 20.2 Å². The van der Waals surface area contributed by atoms with Crippen molar-refractivity contribution in [2.45, 2.75) is 26.1 Å². The number of hydrogen-bond donors (Lipinski definition) is 2. The third kappa shape index (κ3) is 3.13. The predicted molar refractivity (Wildman–Crippen MR) is 102 cm³/mol. The molecule has 0 radical (unpaired) electrons. The molecule has 2 heterocycles. The second-order valence-electron chi connectivity index (χ2n) is 6.53. The Morgan fingerprint density at radius 1 is 1.12 bits per heavy atom. The first-order chi connectivity index (χ1) is 12.7. The number of nitrogens with zero attached hydrogens (tertiary/aromatic N) is 2. The number of imidazole rings is 1. The van der Waals surface area contributed by atoms with E-state index < -0.39 is 0 Å². The summed E-state index contributed by atoms with van der Waals surface area (Å²) in [6, 6.07) is 19.9. The average Bonchev–Trinajstić information content (AvgIpc) is 3.09. The van der Waals surface area contributed by atoms with Gasteiger partial charge in [-0.15, -0.1) is 0 Å². The second-order valence-corrected chi connectivity index (χ2v) is 6.53. The minimum absolute atomic E-state index is 0.0715. The Balaban J connectivity index is 1.66. The van der Waals surface area contributed by atoms with Crippen molar-refractivity contribution in [1.29, 1.82) is 0 Å². The number of hydrogen-bond acceptors (Lipinski definition) is 3. The summed E-state index contributed by atoms with van der Waals surface area (Å²) in [5.41, 5.74) is 3.58. The topological polar surface area (TPSA) is 59.0 Å². The molecule has 4 rings (SSSR count). The van der Waals surface area contributed by atoms with Crippen molar-refractivity contribution in [3.8, 4) is 11.4 Å². The van der Waals surface area contributed by atoms with Crippen LogP contribution in [0.3, 0.4) is 0 Å². The van der Waals surface area contributed by atoms with Crippen LogP contribution in [-0.4, -0.2) is 22.0 Å². The maximum absolute atomic E-state index is 12.9. The highest BCUT2D eigenvalue weighted by Crippen LogP contribution is 2.24. The van der Waals surface area contributed by atoms with E-state index in [9.17, 15) is 4.79 Å². The summed E-state index contributed by atoms with van der Waals surface area (Å²) in [7, 11) is 0. The first kappa shape index (κ1) is 16.5. The van der Waals surface area contributed by atoms with Gasteiger partial charge in [-0.1, -0.05) is 60.7 Å². The molecule has 5 heteroatoms. The van der Waals surface area contributed by atoms with Gasteiger partial charge >= 0.3 is 0 Å². The summed E-state index contributed by atoms with van der Waals surface area (Å²) < 4.78 is 2.16. The Bertz CT molecular complexity index is 903. The molecule has 2 aromatic carbocycles. The number of carbonyl (C=O) groups excluding carboxylic acids is 1. The Kier molecular flexibility index (Phi) is 4.54. The first-order valence-corrected chi connectivity index (χ1v) is 8.95. The minimum Gasteiger partial charge on any atom is -0.344 e. The number of rotatable bonds is 4. The maximum atomic E-state index is 12.9. The predicted octanol–water partition coefficient (Wildman–Crippen LogP) is 3.14. The van der Waals surface area contributed by atoms with Crippen molar-refractivity contribution in [2.75, 3.05) is 6.54 Å². The largest absolute Gasteiger partial charge is 0.344 e. The van der Waals surface area contributed by atoms with Crippen LogP contribution in [-0.2, 0) is 13.1 Å². The number of nitrogens with one attached hydrogen (secondary N) is 2. The lowest BCUT2D eigenvalue weighted by atomic mass is 10.1. The molecule has 2 N–H and O–H groups in total. The van der Waals surface area contributed by atoms with E-state index in [2.05, 4.69) is 15.2 Å². The van der Waals surface area contributed by atoms with Crippen molar-refractivity contribution >= 4 is 5.91 Å². The monoisotopic (exact) mass is 346 g/mol. The molecule has 1 atom stereocenters. The van der Waals surface area contributed by atoms with Crippen molar-refractivity contribution in [2.24, 2.45) is 0 Å². The van der Waals surface area contributed by atoms with Gasteiger partial charge in [-0.3, -0.25) is 4.79 Å². The van der Waals surface area contributed by atoms with Gasteiger partial charge in [0.05, 0.1) is 11.7 Å². The van der Waals surface area contributed by atoms with Crippen molar-refractivity contribution < 1.29 is 4.79 Å². The molecule has 5 nitrogen and oxygen atoms in total. The summed E-state index contributed by atoms with van der Waals surface area (Å²) in [5, 5.41) is 6.43. The molecular formula is C21H22N4O. The number of aromatic nitrogens is 2. The number of carbonyl (C=O) groups is 1. The molecule has 0 unspecified atom stereocenters. The van der Waals surface area contributed by atoms with Crippen LogP contribution in [0, 0.1) is 0 Å². The van der Waals surface area contributed by atoms with Gasteiger partial charge in [0.15, 0.2) is 5.69 Å². The molecule has 1 amide bonds. The van der Waals surface area contributed by atoms with Gasteiger partial charge in [0.2, 0.25) is 0 Å². The highest BCUT2D eigenvalue weighted by atomic mass is 16.2. The molecule has 132 valence electrons. The maximum Gasteiger partial charge on any atom is 0.272 e. The Labute approximate surface area is 153 Å². The average molecular weight is 346 g/mol.